The molecule has 0 spiro atoms. The third-order valence-electron chi connectivity index (χ3n) is 5.05. The van der Waals surface area contributed by atoms with Gasteiger partial charge in [-0.25, -0.2) is 0 Å². The highest BCUT2D eigenvalue weighted by molar-refractivity contribution is 4.97. The average Bonchev–Trinajstić information content (AvgIpc) is 2.48. The molecule has 19 heavy (non-hydrogen) atoms. The zero-order chi connectivity index (χ0) is 13.7. The molecule has 2 saturated heterocycles. The van der Waals surface area contributed by atoms with Gasteiger partial charge in [-0.1, -0.05) is 6.92 Å². The SMILES string of the molecule is CCC1CC(CN)(N2CCC(COC)CC2)CCO1. The van der Waals surface area contributed by atoms with Crippen LogP contribution in [0.2, 0.25) is 0 Å². The molecule has 0 aromatic rings. The lowest BCUT2D eigenvalue weighted by Gasteiger charge is -2.50. The Balaban J connectivity index is 1.94. The van der Waals surface area contributed by atoms with Gasteiger partial charge in [-0.3, -0.25) is 4.90 Å². The van der Waals surface area contributed by atoms with Crippen molar-refractivity contribution in [3.05, 3.63) is 0 Å². The van der Waals surface area contributed by atoms with Crippen LogP contribution in [0.15, 0.2) is 0 Å². The van der Waals surface area contributed by atoms with E-state index in [1.807, 2.05) is 0 Å². The summed E-state index contributed by atoms with van der Waals surface area (Å²) >= 11 is 0. The molecule has 0 aromatic carbocycles. The molecule has 2 aliphatic rings. The zero-order valence-corrected chi connectivity index (χ0v) is 12.6. The molecule has 2 N–H and O–H groups in total. The van der Waals surface area contributed by atoms with E-state index in [-0.39, 0.29) is 5.54 Å². The molecule has 0 aromatic heterocycles. The van der Waals surface area contributed by atoms with Crippen molar-refractivity contribution in [2.45, 2.75) is 50.7 Å². The summed E-state index contributed by atoms with van der Waals surface area (Å²) in [6, 6.07) is 0. The Labute approximate surface area is 117 Å². The van der Waals surface area contributed by atoms with Gasteiger partial charge in [-0.15, -0.1) is 0 Å². The van der Waals surface area contributed by atoms with E-state index < -0.39 is 0 Å². The molecule has 0 saturated carbocycles. The van der Waals surface area contributed by atoms with Gasteiger partial charge in [0.25, 0.3) is 0 Å². The van der Waals surface area contributed by atoms with E-state index in [0.29, 0.717) is 6.10 Å². The fourth-order valence-corrected chi connectivity index (χ4v) is 3.67. The smallest absolute Gasteiger partial charge is 0.0590 e. The number of likely N-dealkylation sites (tertiary alicyclic amines) is 1. The molecule has 0 radical (unpaired) electrons. The third-order valence-corrected chi connectivity index (χ3v) is 5.05. The summed E-state index contributed by atoms with van der Waals surface area (Å²) in [5.41, 5.74) is 6.35. The van der Waals surface area contributed by atoms with E-state index in [4.69, 9.17) is 15.2 Å². The van der Waals surface area contributed by atoms with Crippen molar-refractivity contribution in [1.82, 2.24) is 4.90 Å². The summed E-state index contributed by atoms with van der Waals surface area (Å²) in [6.45, 7) is 7.09. The first-order chi connectivity index (χ1) is 9.24. The van der Waals surface area contributed by atoms with Crippen LogP contribution < -0.4 is 5.73 Å². The molecule has 2 aliphatic heterocycles. The summed E-state index contributed by atoms with van der Waals surface area (Å²) in [7, 11) is 1.80. The minimum absolute atomic E-state index is 0.191. The second kappa shape index (κ2) is 7.02. The Hall–Kier alpha value is -0.160. The van der Waals surface area contributed by atoms with Gasteiger partial charge in [0.05, 0.1) is 6.10 Å². The molecule has 2 unspecified atom stereocenters. The van der Waals surface area contributed by atoms with Crippen LogP contribution in [0.25, 0.3) is 0 Å². The van der Waals surface area contributed by atoms with Gasteiger partial charge >= 0.3 is 0 Å². The maximum atomic E-state index is 6.16. The van der Waals surface area contributed by atoms with E-state index in [2.05, 4.69) is 11.8 Å². The minimum Gasteiger partial charge on any atom is -0.384 e. The van der Waals surface area contributed by atoms with Gasteiger partial charge in [0.1, 0.15) is 0 Å². The van der Waals surface area contributed by atoms with Gasteiger partial charge < -0.3 is 15.2 Å². The van der Waals surface area contributed by atoms with Crippen LogP contribution >= 0.6 is 0 Å². The van der Waals surface area contributed by atoms with Crippen molar-refractivity contribution in [3.63, 3.8) is 0 Å². The molecule has 4 heteroatoms. The molecule has 2 heterocycles. The summed E-state index contributed by atoms with van der Waals surface area (Å²) < 4.78 is 11.1. The normalized spacial score (nSPS) is 34.6. The summed E-state index contributed by atoms with van der Waals surface area (Å²) in [6.07, 6.45) is 6.18. The first kappa shape index (κ1) is 15.2. The molecule has 112 valence electrons. The Morgan fingerprint density at radius 1 is 1.37 bits per heavy atom. The molecule has 0 amide bonds. The quantitative estimate of drug-likeness (QED) is 0.825. The third kappa shape index (κ3) is 3.48. The standard InChI is InChI=1S/C15H30N2O2/c1-3-14-10-15(12-16,6-9-19-14)17-7-4-13(5-8-17)11-18-2/h13-14H,3-12,16H2,1-2H3. The minimum atomic E-state index is 0.191. The lowest BCUT2D eigenvalue weighted by molar-refractivity contribution is -0.0818. The largest absolute Gasteiger partial charge is 0.384 e. The monoisotopic (exact) mass is 270 g/mol. The highest BCUT2D eigenvalue weighted by Crippen LogP contribution is 2.34. The fourth-order valence-electron chi connectivity index (χ4n) is 3.67. The van der Waals surface area contributed by atoms with Gasteiger partial charge in [-0.2, -0.15) is 0 Å². The van der Waals surface area contributed by atoms with Crippen molar-refractivity contribution < 1.29 is 9.47 Å². The molecule has 2 atom stereocenters. The first-order valence-electron chi connectivity index (χ1n) is 7.79. The van der Waals surface area contributed by atoms with Crippen molar-refractivity contribution >= 4 is 0 Å². The van der Waals surface area contributed by atoms with E-state index in [0.717, 1.165) is 44.9 Å². The predicted molar refractivity (Wildman–Crippen MR) is 77.2 cm³/mol. The van der Waals surface area contributed by atoms with E-state index in [9.17, 15) is 0 Å². The van der Waals surface area contributed by atoms with Gasteiger partial charge in [-0.05, 0) is 51.1 Å². The number of rotatable bonds is 5. The van der Waals surface area contributed by atoms with Crippen LogP contribution in [-0.4, -0.2) is 56.5 Å². The summed E-state index contributed by atoms with van der Waals surface area (Å²) in [5.74, 6) is 0.734. The topological polar surface area (TPSA) is 47.7 Å². The predicted octanol–water partition coefficient (Wildman–Crippen LogP) is 1.63. The Morgan fingerprint density at radius 2 is 2.11 bits per heavy atom. The van der Waals surface area contributed by atoms with Gasteiger partial charge in [0.15, 0.2) is 0 Å². The number of nitrogens with zero attached hydrogens (tertiary/aromatic N) is 1. The number of hydrogen-bond donors (Lipinski definition) is 1. The maximum absolute atomic E-state index is 6.16. The van der Waals surface area contributed by atoms with Gasteiger partial charge in [0, 0.05) is 32.4 Å². The van der Waals surface area contributed by atoms with Crippen molar-refractivity contribution in [3.8, 4) is 0 Å². The van der Waals surface area contributed by atoms with Crippen molar-refractivity contribution in [2.24, 2.45) is 11.7 Å². The van der Waals surface area contributed by atoms with Crippen LogP contribution in [0.3, 0.4) is 0 Å². The molecule has 4 nitrogen and oxygen atoms in total. The van der Waals surface area contributed by atoms with E-state index in [1.165, 1.54) is 25.9 Å². The molecular weight excluding hydrogens is 240 g/mol. The number of hydrogen-bond acceptors (Lipinski definition) is 4. The second-order valence-corrected chi connectivity index (χ2v) is 6.17. The van der Waals surface area contributed by atoms with Crippen LogP contribution in [0.1, 0.15) is 39.0 Å². The van der Waals surface area contributed by atoms with Crippen LogP contribution in [0.5, 0.6) is 0 Å². The van der Waals surface area contributed by atoms with Crippen molar-refractivity contribution in [2.75, 3.05) is 40.0 Å². The zero-order valence-electron chi connectivity index (χ0n) is 12.6. The highest BCUT2D eigenvalue weighted by atomic mass is 16.5. The number of piperidine rings is 1. The Kier molecular flexibility index (Phi) is 5.63. The van der Waals surface area contributed by atoms with Gasteiger partial charge in [0.2, 0.25) is 0 Å². The lowest BCUT2D eigenvalue weighted by Crippen LogP contribution is -2.60. The average molecular weight is 270 g/mol. The lowest BCUT2D eigenvalue weighted by atomic mass is 9.81. The Bertz CT molecular complexity index is 267. The highest BCUT2D eigenvalue weighted by Gasteiger charge is 2.41. The second-order valence-electron chi connectivity index (χ2n) is 6.17. The summed E-state index contributed by atoms with van der Waals surface area (Å²) in [5, 5.41) is 0. The first-order valence-corrected chi connectivity index (χ1v) is 7.79. The van der Waals surface area contributed by atoms with Crippen molar-refractivity contribution in [1.29, 1.82) is 0 Å². The number of ether oxygens (including phenoxy) is 2. The molecule has 2 rings (SSSR count). The van der Waals surface area contributed by atoms with Crippen LogP contribution in [0, 0.1) is 5.92 Å². The Morgan fingerprint density at radius 3 is 2.68 bits per heavy atom. The maximum Gasteiger partial charge on any atom is 0.0590 e. The van der Waals surface area contributed by atoms with Crippen LogP contribution in [0.4, 0.5) is 0 Å². The summed E-state index contributed by atoms with van der Waals surface area (Å²) in [4.78, 5) is 2.64. The molecule has 0 bridgehead atoms. The molecule has 0 aliphatic carbocycles. The van der Waals surface area contributed by atoms with E-state index in [1.54, 1.807) is 7.11 Å². The number of nitrogens with two attached hydrogens (primary N) is 1. The number of methoxy groups -OCH3 is 1. The van der Waals surface area contributed by atoms with E-state index >= 15 is 0 Å². The molecular formula is C15H30N2O2. The fraction of sp³-hybridized carbons (Fsp3) is 1.00. The molecule has 2 fully saturated rings. The van der Waals surface area contributed by atoms with Crippen LogP contribution in [-0.2, 0) is 9.47 Å².